The zero-order chi connectivity index (χ0) is 15.9. The molecule has 4 nitrogen and oxygen atoms in total. The molecule has 4 N–H and O–H groups in total. The van der Waals surface area contributed by atoms with Gasteiger partial charge in [0.2, 0.25) is 5.91 Å². The molecule has 116 valence electrons. The Morgan fingerprint density at radius 3 is 2.57 bits per heavy atom. The van der Waals surface area contributed by atoms with Crippen LogP contribution in [0.15, 0.2) is 24.3 Å². The van der Waals surface area contributed by atoms with Gasteiger partial charge in [-0.05, 0) is 43.4 Å². The van der Waals surface area contributed by atoms with Crippen LogP contribution in [0.25, 0.3) is 0 Å². The lowest BCUT2D eigenvalue weighted by atomic mass is 9.81. The van der Waals surface area contributed by atoms with Crippen molar-refractivity contribution in [1.82, 2.24) is 0 Å². The van der Waals surface area contributed by atoms with Gasteiger partial charge in [-0.3, -0.25) is 4.79 Å². The molecule has 1 amide bonds. The summed E-state index contributed by atoms with van der Waals surface area (Å²) < 4.78 is 0. The van der Waals surface area contributed by atoms with E-state index in [1.807, 2.05) is 38.1 Å². The number of aryl methyl sites for hydroxylation is 1. The van der Waals surface area contributed by atoms with Crippen LogP contribution in [0.4, 0.5) is 5.69 Å². The number of amides is 1. The molecule has 0 spiro atoms. The molecule has 1 rings (SSSR count). The highest BCUT2D eigenvalue weighted by Crippen LogP contribution is 2.29. The first-order chi connectivity index (χ1) is 10.00. The van der Waals surface area contributed by atoms with E-state index in [-0.39, 0.29) is 17.5 Å². The number of nitrogens with two attached hydrogens (primary N) is 1. The van der Waals surface area contributed by atoms with Gasteiger partial charge in [0.1, 0.15) is 0 Å². The third-order valence-corrected chi connectivity index (χ3v) is 4.31. The average molecular weight is 308 g/mol. The molecule has 0 atom stereocenters. The fraction of sp³-hybridized carbons (Fsp3) is 0.500. The first-order valence-corrected chi connectivity index (χ1v) is 7.72. The van der Waals surface area contributed by atoms with Gasteiger partial charge in [0.15, 0.2) is 0 Å². The van der Waals surface area contributed by atoms with Crippen molar-refractivity contribution in [3.63, 3.8) is 0 Å². The summed E-state index contributed by atoms with van der Waals surface area (Å²) in [6, 6.07) is 7.63. The number of aliphatic hydroxyl groups excluding tert-OH is 1. The average Bonchev–Trinajstić information content (AvgIpc) is 2.47. The summed E-state index contributed by atoms with van der Waals surface area (Å²) in [5.41, 5.74) is 6.80. The number of hydrogen-bond acceptors (Lipinski definition) is 3. The maximum Gasteiger partial charge on any atom is 0.237 e. The predicted octanol–water partition coefficient (Wildman–Crippen LogP) is 2.64. The summed E-state index contributed by atoms with van der Waals surface area (Å²) in [5.74, 6) is -0.153. The molecule has 0 aliphatic carbocycles. The third kappa shape index (κ3) is 4.25. The van der Waals surface area contributed by atoms with E-state index in [9.17, 15) is 4.79 Å². The molecule has 0 saturated carbocycles. The minimum Gasteiger partial charge on any atom is -0.396 e. The van der Waals surface area contributed by atoms with Crippen molar-refractivity contribution in [3.8, 4) is 0 Å². The number of benzene rings is 1. The number of rotatable bonds is 8. The topological polar surface area (TPSA) is 75.3 Å². The lowest BCUT2D eigenvalue weighted by molar-refractivity contribution is -0.122. The number of nitrogens with one attached hydrogen (secondary N) is 1. The molecule has 1 aromatic rings. The van der Waals surface area contributed by atoms with Crippen LogP contribution in [0.3, 0.4) is 0 Å². The molecule has 0 fully saturated rings. The maximum atomic E-state index is 12.5. The van der Waals surface area contributed by atoms with Crippen LogP contribution in [0.5, 0.6) is 0 Å². The molecule has 0 aromatic heterocycles. The van der Waals surface area contributed by atoms with Crippen LogP contribution in [-0.2, 0) is 11.2 Å². The van der Waals surface area contributed by atoms with Crippen molar-refractivity contribution in [2.45, 2.75) is 39.5 Å². The van der Waals surface area contributed by atoms with Crippen LogP contribution in [0.1, 0.15) is 38.7 Å². The smallest absolute Gasteiger partial charge is 0.237 e. The Labute approximate surface area is 131 Å². The van der Waals surface area contributed by atoms with Gasteiger partial charge < -0.3 is 16.2 Å². The first kappa shape index (κ1) is 17.6. The van der Waals surface area contributed by atoms with Crippen molar-refractivity contribution in [3.05, 3.63) is 29.8 Å². The van der Waals surface area contributed by atoms with Gasteiger partial charge in [-0.25, -0.2) is 0 Å². The highest BCUT2D eigenvalue weighted by Gasteiger charge is 2.38. The number of anilines is 1. The van der Waals surface area contributed by atoms with Crippen molar-refractivity contribution >= 4 is 28.8 Å². The van der Waals surface area contributed by atoms with Crippen molar-refractivity contribution in [2.24, 2.45) is 11.1 Å². The second-order valence-electron chi connectivity index (χ2n) is 5.14. The second kappa shape index (κ2) is 8.10. The van der Waals surface area contributed by atoms with E-state index in [0.29, 0.717) is 19.3 Å². The summed E-state index contributed by atoms with van der Waals surface area (Å²) in [7, 11) is 0. The summed E-state index contributed by atoms with van der Waals surface area (Å²) in [5, 5.41) is 11.8. The monoisotopic (exact) mass is 308 g/mol. The second-order valence-corrected chi connectivity index (χ2v) is 5.57. The Kier molecular flexibility index (Phi) is 6.78. The molecule has 5 heteroatoms. The van der Waals surface area contributed by atoms with Crippen molar-refractivity contribution in [2.75, 3.05) is 11.9 Å². The molecule has 21 heavy (non-hydrogen) atoms. The molecule has 0 heterocycles. The number of aliphatic hydroxyl groups is 1. The SMILES string of the molecule is CCC(CC)(C(=O)Nc1cccc(CCCO)c1)C(N)=S. The van der Waals surface area contributed by atoms with Gasteiger partial charge in [-0.1, -0.05) is 38.2 Å². The Bertz CT molecular complexity index is 499. The van der Waals surface area contributed by atoms with Gasteiger partial charge in [0.25, 0.3) is 0 Å². The molecule has 0 bridgehead atoms. The summed E-state index contributed by atoms with van der Waals surface area (Å²) in [4.78, 5) is 12.8. The molecular weight excluding hydrogens is 284 g/mol. The van der Waals surface area contributed by atoms with E-state index in [0.717, 1.165) is 17.7 Å². The molecule has 0 aliphatic rings. The van der Waals surface area contributed by atoms with Gasteiger partial charge in [0.05, 0.1) is 10.4 Å². The summed E-state index contributed by atoms with van der Waals surface area (Å²) >= 11 is 5.09. The van der Waals surface area contributed by atoms with Crippen LogP contribution in [-0.4, -0.2) is 22.6 Å². The van der Waals surface area contributed by atoms with Gasteiger partial charge >= 0.3 is 0 Å². The molecule has 0 radical (unpaired) electrons. The molecule has 0 saturated heterocycles. The zero-order valence-corrected chi connectivity index (χ0v) is 13.5. The Hall–Kier alpha value is -1.46. The fourth-order valence-electron chi connectivity index (χ4n) is 2.37. The highest BCUT2D eigenvalue weighted by atomic mass is 32.1. The number of thiocarbonyl (C=S) groups is 1. The van der Waals surface area contributed by atoms with Crippen molar-refractivity contribution in [1.29, 1.82) is 0 Å². The largest absolute Gasteiger partial charge is 0.396 e. The minimum absolute atomic E-state index is 0.153. The highest BCUT2D eigenvalue weighted by molar-refractivity contribution is 7.80. The predicted molar refractivity (Wildman–Crippen MR) is 90.3 cm³/mol. The lowest BCUT2D eigenvalue weighted by Crippen LogP contribution is -2.45. The standard InChI is InChI=1S/C16H24N2O2S/c1-3-16(4-2,14(17)21)15(20)18-13-9-5-7-12(11-13)8-6-10-19/h5,7,9,11,19H,3-4,6,8,10H2,1-2H3,(H2,17,21)(H,18,20). The van der Waals surface area contributed by atoms with E-state index in [2.05, 4.69) is 5.32 Å². The number of carbonyl (C=O) groups is 1. The summed E-state index contributed by atoms with van der Waals surface area (Å²) in [6.07, 6.45) is 2.64. The van der Waals surface area contributed by atoms with E-state index >= 15 is 0 Å². The first-order valence-electron chi connectivity index (χ1n) is 7.31. The number of hydrogen-bond donors (Lipinski definition) is 3. The third-order valence-electron chi connectivity index (χ3n) is 3.92. The van der Waals surface area contributed by atoms with Crippen LogP contribution in [0.2, 0.25) is 0 Å². The van der Waals surface area contributed by atoms with Gasteiger partial charge in [-0.2, -0.15) is 0 Å². The molecular formula is C16H24N2O2S. The zero-order valence-electron chi connectivity index (χ0n) is 12.7. The quantitative estimate of drug-likeness (QED) is 0.645. The van der Waals surface area contributed by atoms with Crippen LogP contribution in [0, 0.1) is 5.41 Å². The van der Waals surface area contributed by atoms with E-state index < -0.39 is 5.41 Å². The van der Waals surface area contributed by atoms with Crippen molar-refractivity contribution < 1.29 is 9.90 Å². The number of carbonyl (C=O) groups excluding carboxylic acids is 1. The molecule has 0 unspecified atom stereocenters. The van der Waals surface area contributed by atoms with E-state index in [1.165, 1.54) is 0 Å². The van der Waals surface area contributed by atoms with E-state index in [4.69, 9.17) is 23.1 Å². The van der Waals surface area contributed by atoms with Gasteiger partial charge in [-0.15, -0.1) is 0 Å². The molecule has 1 aromatic carbocycles. The fourth-order valence-corrected chi connectivity index (χ4v) is 2.75. The maximum absolute atomic E-state index is 12.5. The van der Waals surface area contributed by atoms with Gasteiger partial charge in [0, 0.05) is 12.3 Å². The summed E-state index contributed by atoms with van der Waals surface area (Å²) in [6.45, 7) is 3.99. The Morgan fingerprint density at radius 2 is 2.05 bits per heavy atom. The van der Waals surface area contributed by atoms with E-state index in [1.54, 1.807) is 0 Å². The van der Waals surface area contributed by atoms with Crippen LogP contribution >= 0.6 is 12.2 Å². The normalized spacial score (nSPS) is 11.2. The Morgan fingerprint density at radius 1 is 1.38 bits per heavy atom. The Balaban J connectivity index is 2.89. The minimum atomic E-state index is -0.795. The van der Waals surface area contributed by atoms with Crippen LogP contribution < -0.4 is 11.1 Å². The molecule has 0 aliphatic heterocycles. The lowest BCUT2D eigenvalue weighted by Gasteiger charge is -2.29.